The molecule has 1 unspecified atom stereocenters. The molecule has 2 aliphatic rings. The first-order chi connectivity index (χ1) is 18.9. The second-order valence-corrected chi connectivity index (χ2v) is 11.6. The van der Waals surface area contributed by atoms with Crippen LogP contribution in [0.4, 0.5) is 4.39 Å². The van der Waals surface area contributed by atoms with Gasteiger partial charge in [-0.2, -0.15) is 0 Å². The lowest BCUT2D eigenvalue weighted by molar-refractivity contribution is -0.137. The van der Waals surface area contributed by atoms with Crippen LogP contribution in [-0.2, 0) is 20.8 Å². The zero-order valence-electron chi connectivity index (χ0n) is 24.7. The summed E-state index contributed by atoms with van der Waals surface area (Å²) in [5.74, 6) is -0.786. The van der Waals surface area contributed by atoms with Gasteiger partial charge < -0.3 is 20.5 Å². The molecule has 1 amide bonds. The molecule has 1 spiro atoms. The van der Waals surface area contributed by atoms with Gasteiger partial charge in [0.1, 0.15) is 24.0 Å². The smallest absolute Gasteiger partial charge is 0.303 e. The van der Waals surface area contributed by atoms with Crippen molar-refractivity contribution in [2.75, 3.05) is 7.05 Å². The van der Waals surface area contributed by atoms with E-state index in [-0.39, 0.29) is 29.6 Å². The number of aliphatic imine (C=N–C) groups is 1. The van der Waals surface area contributed by atoms with E-state index in [9.17, 15) is 14.0 Å². The number of hydrogen-bond donors (Lipinski definition) is 2. The van der Waals surface area contributed by atoms with E-state index in [0.29, 0.717) is 23.6 Å². The SMILES string of the molecule is C=O.CN.Cc1cc(F)cc(C2=NC3(CCC(C(C)(C)C)CC3)N(C(C)c3ccc(CCC(=O)O)cc3)C2=O)c1. The van der Waals surface area contributed by atoms with Gasteiger partial charge in [-0.3, -0.25) is 14.6 Å². The van der Waals surface area contributed by atoms with Gasteiger partial charge in [0, 0.05) is 12.0 Å². The van der Waals surface area contributed by atoms with Gasteiger partial charge in [-0.05, 0) is 99.2 Å². The van der Waals surface area contributed by atoms with E-state index in [0.717, 1.165) is 42.4 Å². The van der Waals surface area contributed by atoms with Gasteiger partial charge in [-0.15, -0.1) is 0 Å². The Balaban J connectivity index is 0.00000134. The fraction of sp³-hybridized carbons (Fsp3) is 0.500. The predicted octanol–water partition coefficient (Wildman–Crippen LogP) is 5.87. The molecule has 1 aliphatic heterocycles. The number of amides is 1. The van der Waals surface area contributed by atoms with Gasteiger partial charge in [0.15, 0.2) is 0 Å². The number of carbonyl (C=O) groups is 3. The minimum Gasteiger partial charge on any atom is -0.481 e. The van der Waals surface area contributed by atoms with Crippen molar-refractivity contribution in [3.05, 3.63) is 70.5 Å². The molecule has 0 radical (unpaired) electrons. The Morgan fingerprint density at radius 1 is 1.15 bits per heavy atom. The summed E-state index contributed by atoms with van der Waals surface area (Å²) in [6, 6.07) is 12.3. The van der Waals surface area contributed by atoms with Crippen molar-refractivity contribution >= 4 is 24.4 Å². The highest BCUT2D eigenvalue weighted by Crippen LogP contribution is 2.49. The van der Waals surface area contributed by atoms with Gasteiger partial charge in [0.05, 0.1) is 6.04 Å². The Morgan fingerprint density at radius 3 is 2.23 bits per heavy atom. The fourth-order valence-electron chi connectivity index (χ4n) is 5.87. The van der Waals surface area contributed by atoms with E-state index in [1.165, 1.54) is 19.2 Å². The van der Waals surface area contributed by atoms with Crippen LogP contribution < -0.4 is 5.73 Å². The first-order valence-electron chi connectivity index (χ1n) is 13.8. The van der Waals surface area contributed by atoms with Crippen LogP contribution in [0.1, 0.15) is 88.1 Å². The molecule has 2 aromatic rings. The minimum atomic E-state index is -0.819. The van der Waals surface area contributed by atoms with Gasteiger partial charge >= 0.3 is 5.97 Å². The van der Waals surface area contributed by atoms with E-state index in [1.807, 2.05) is 55.9 Å². The van der Waals surface area contributed by atoms with Crippen molar-refractivity contribution in [2.45, 2.75) is 84.8 Å². The van der Waals surface area contributed by atoms with Crippen molar-refractivity contribution in [2.24, 2.45) is 22.1 Å². The summed E-state index contributed by atoms with van der Waals surface area (Å²) < 4.78 is 14.3. The number of nitrogens with two attached hydrogens (primary N) is 1. The lowest BCUT2D eigenvalue weighted by Gasteiger charge is -2.46. The summed E-state index contributed by atoms with van der Waals surface area (Å²) in [4.78, 5) is 39.9. The molecule has 0 bridgehead atoms. The number of aryl methyl sites for hydroxylation is 2. The molecule has 2 aromatic carbocycles. The molecular weight excluding hydrogens is 509 g/mol. The molecule has 218 valence electrons. The zero-order chi connectivity index (χ0) is 30.3. The van der Waals surface area contributed by atoms with Crippen LogP contribution in [0.15, 0.2) is 47.5 Å². The summed E-state index contributed by atoms with van der Waals surface area (Å²) in [6.45, 7) is 12.7. The number of carboxylic acid groups (broad SMARTS) is 1. The Kier molecular flexibility index (Phi) is 11.3. The maximum atomic E-state index is 14.3. The lowest BCUT2D eigenvalue weighted by atomic mass is 9.69. The van der Waals surface area contributed by atoms with Crippen molar-refractivity contribution in [1.29, 1.82) is 0 Å². The summed E-state index contributed by atoms with van der Waals surface area (Å²) in [6.07, 6.45) is 4.07. The van der Waals surface area contributed by atoms with E-state index in [1.54, 1.807) is 0 Å². The molecule has 3 N–H and O–H groups in total. The maximum Gasteiger partial charge on any atom is 0.303 e. The number of rotatable bonds is 6. The van der Waals surface area contributed by atoms with Gasteiger partial charge in [-0.1, -0.05) is 45.0 Å². The summed E-state index contributed by atoms with van der Waals surface area (Å²) in [7, 11) is 1.50. The fourth-order valence-corrected chi connectivity index (χ4v) is 5.87. The normalized spacial score (nSPS) is 21.1. The second kappa shape index (κ2) is 13.8. The quantitative estimate of drug-likeness (QED) is 0.465. The van der Waals surface area contributed by atoms with Crippen molar-refractivity contribution in [3.63, 3.8) is 0 Å². The van der Waals surface area contributed by atoms with Crippen molar-refractivity contribution in [1.82, 2.24) is 4.90 Å². The lowest BCUT2D eigenvalue weighted by Crippen LogP contribution is -2.50. The molecule has 0 saturated heterocycles. The predicted molar refractivity (Wildman–Crippen MR) is 157 cm³/mol. The summed E-state index contributed by atoms with van der Waals surface area (Å²) >= 11 is 0. The van der Waals surface area contributed by atoms with Crippen LogP contribution in [0.25, 0.3) is 0 Å². The number of halogens is 1. The number of benzene rings is 2. The highest BCUT2D eigenvalue weighted by Gasteiger charge is 2.52. The monoisotopic (exact) mass is 553 g/mol. The topological polar surface area (TPSA) is 113 Å². The Hall–Kier alpha value is -3.39. The van der Waals surface area contributed by atoms with E-state index >= 15 is 0 Å². The van der Waals surface area contributed by atoms with Crippen LogP contribution >= 0.6 is 0 Å². The maximum absolute atomic E-state index is 14.3. The first kappa shape index (κ1) is 32.8. The standard InChI is InChI=1S/C30H37FN2O3.CH5N.CH2O/c1-19-16-23(18-25(31)17-19)27-28(36)33(30(32-27)14-12-24(13-15-30)29(3,4)5)20(2)22-9-6-21(7-10-22)8-11-26(34)35;2*1-2/h6-7,9-10,16-18,20,24H,8,11-15H2,1-5H3,(H,34,35);2H2,1H3;1H2. The molecule has 7 nitrogen and oxygen atoms in total. The average Bonchev–Trinajstić information content (AvgIpc) is 3.20. The largest absolute Gasteiger partial charge is 0.481 e. The third-order valence-corrected chi connectivity index (χ3v) is 7.99. The van der Waals surface area contributed by atoms with Crippen LogP contribution in [-0.4, -0.2) is 47.1 Å². The Labute approximate surface area is 237 Å². The molecule has 0 aromatic heterocycles. The highest BCUT2D eigenvalue weighted by atomic mass is 19.1. The minimum absolute atomic E-state index is 0.0851. The molecule has 4 rings (SSSR count). The molecule has 8 heteroatoms. The van der Waals surface area contributed by atoms with E-state index in [2.05, 4.69) is 26.5 Å². The first-order valence-corrected chi connectivity index (χ1v) is 13.8. The summed E-state index contributed by atoms with van der Waals surface area (Å²) in [5, 5.41) is 8.97. The third-order valence-electron chi connectivity index (χ3n) is 7.99. The van der Waals surface area contributed by atoms with Gasteiger partial charge in [0.25, 0.3) is 5.91 Å². The van der Waals surface area contributed by atoms with Crippen LogP contribution in [0.3, 0.4) is 0 Å². The van der Waals surface area contributed by atoms with E-state index < -0.39 is 11.6 Å². The second-order valence-electron chi connectivity index (χ2n) is 11.6. The molecule has 1 aliphatic carbocycles. The van der Waals surface area contributed by atoms with Crippen LogP contribution in [0, 0.1) is 24.1 Å². The molecule has 1 heterocycles. The van der Waals surface area contributed by atoms with Crippen molar-refractivity contribution < 1.29 is 23.9 Å². The van der Waals surface area contributed by atoms with Crippen LogP contribution in [0.2, 0.25) is 0 Å². The van der Waals surface area contributed by atoms with Crippen LogP contribution in [0.5, 0.6) is 0 Å². The van der Waals surface area contributed by atoms with Gasteiger partial charge in [-0.25, -0.2) is 4.39 Å². The Morgan fingerprint density at radius 2 is 1.73 bits per heavy atom. The molecule has 1 fully saturated rings. The number of hydrogen-bond acceptors (Lipinski definition) is 5. The average molecular weight is 554 g/mol. The number of aliphatic carboxylic acids is 1. The third kappa shape index (κ3) is 7.42. The molecule has 1 saturated carbocycles. The van der Waals surface area contributed by atoms with Crippen molar-refractivity contribution in [3.8, 4) is 0 Å². The number of nitrogens with zero attached hydrogens (tertiary/aromatic N) is 2. The molecule has 1 atom stereocenters. The van der Waals surface area contributed by atoms with Gasteiger partial charge in [0.2, 0.25) is 0 Å². The number of carbonyl (C=O) groups excluding carboxylic acids is 2. The van der Waals surface area contributed by atoms with E-state index in [4.69, 9.17) is 14.9 Å². The summed E-state index contributed by atoms with van der Waals surface area (Å²) in [5.41, 5.74) is 7.62. The Bertz CT molecular complexity index is 1180. The molecule has 40 heavy (non-hydrogen) atoms. The zero-order valence-corrected chi connectivity index (χ0v) is 24.7. The highest BCUT2D eigenvalue weighted by molar-refractivity contribution is 6.46. The molecular formula is C32H44FN3O4. The number of carboxylic acids is 1.